The Bertz CT molecular complexity index is 364. The van der Waals surface area contributed by atoms with E-state index >= 15 is 0 Å². The number of ether oxygens (including phenoxy) is 4. The third-order valence-corrected chi connectivity index (χ3v) is 16.9. The Kier molecular flexibility index (Phi) is 24.3. The molecule has 0 aromatic rings. The second-order valence-corrected chi connectivity index (χ2v) is 18.6. The van der Waals surface area contributed by atoms with E-state index in [1.54, 1.807) is 0 Å². The van der Waals surface area contributed by atoms with E-state index in [9.17, 15) is 0 Å². The minimum absolute atomic E-state index is 0.235. The van der Waals surface area contributed by atoms with Crippen LogP contribution in [0.2, 0.25) is 12.1 Å². The molecule has 0 radical (unpaired) electrons. The van der Waals surface area contributed by atoms with Crippen molar-refractivity contribution in [1.82, 2.24) is 0 Å². The summed E-state index contributed by atoms with van der Waals surface area (Å²) in [6.45, 7) is 15.9. The summed E-state index contributed by atoms with van der Waals surface area (Å²) in [6, 6.07) is 2.59. The van der Waals surface area contributed by atoms with Gasteiger partial charge in [-0.2, -0.15) is 0 Å². The third kappa shape index (κ3) is 16.4. The Balaban J connectivity index is 4.07. The van der Waals surface area contributed by atoms with E-state index in [1.807, 2.05) is 41.2 Å². The van der Waals surface area contributed by atoms with Gasteiger partial charge >= 0.3 is 0 Å². The molecular formula is C22H50O4S4Si2. The van der Waals surface area contributed by atoms with Crippen molar-refractivity contribution in [1.29, 1.82) is 0 Å². The highest BCUT2D eigenvalue weighted by atomic mass is 33.7. The minimum atomic E-state index is -0.370. The van der Waals surface area contributed by atoms with Crippen molar-refractivity contribution in [2.75, 3.05) is 37.9 Å². The smallest absolute Gasteiger partial charge is 0.144 e. The minimum Gasteiger partial charge on any atom is -0.355 e. The van der Waals surface area contributed by atoms with Crippen LogP contribution in [0.1, 0.15) is 80.1 Å². The SMILES string of the molecule is CCC[SiH2]C(CCCSSSSCCCC(OCC)(OCC)[SiH2]CCC)(OCC)OCC. The summed E-state index contributed by atoms with van der Waals surface area (Å²) in [7, 11) is 7.02. The standard InChI is InChI=1S/C22H50O4S4Si2/c1-7-19-31-21(23-9-3,24-10-4)15-13-17-27-29-30-28-18-14-16-22(25-11-5,26-12-6)32-20-8-2/h7-20,31-32H2,1-6H3. The first kappa shape index (κ1) is 33.7. The maximum absolute atomic E-state index is 6.13. The second-order valence-electron chi connectivity index (χ2n) is 7.75. The molecule has 0 saturated carbocycles. The molecule has 0 aliphatic carbocycles. The van der Waals surface area contributed by atoms with Gasteiger partial charge in [-0.25, -0.2) is 0 Å². The third-order valence-electron chi connectivity index (χ3n) is 5.15. The van der Waals surface area contributed by atoms with Crippen LogP contribution in [0.15, 0.2) is 0 Å². The van der Waals surface area contributed by atoms with E-state index in [0.717, 1.165) is 63.6 Å². The molecule has 0 heterocycles. The van der Waals surface area contributed by atoms with Crippen molar-refractivity contribution in [2.24, 2.45) is 0 Å². The molecule has 0 unspecified atom stereocenters. The fourth-order valence-corrected chi connectivity index (χ4v) is 14.1. The van der Waals surface area contributed by atoms with Crippen molar-refractivity contribution >= 4 is 60.3 Å². The molecule has 0 rings (SSSR count). The van der Waals surface area contributed by atoms with Crippen LogP contribution in [0, 0.1) is 0 Å². The average Bonchev–Trinajstić information content (AvgIpc) is 2.78. The Hall–Kier alpha value is 1.67. The van der Waals surface area contributed by atoms with Gasteiger partial charge in [0, 0.05) is 37.9 Å². The quantitative estimate of drug-likeness (QED) is 0.0528. The fraction of sp³-hybridized carbons (Fsp3) is 1.00. The average molecular weight is 563 g/mol. The Labute approximate surface area is 219 Å². The maximum atomic E-state index is 6.13. The fourth-order valence-electron chi connectivity index (χ4n) is 3.76. The summed E-state index contributed by atoms with van der Waals surface area (Å²) < 4.78 is 24.5. The van der Waals surface area contributed by atoms with E-state index in [2.05, 4.69) is 41.5 Å². The zero-order valence-corrected chi connectivity index (χ0v) is 27.7. The molecule has 4 nitrogen and oxygen atoms in total. The Morgan fingerprint density at radius 2 is 0.906 bits per heavy atom. The van der Waals surface area contributed by atoms with Gasteiger partial charge in [0.2, 0.25) is 0 Å². The first-order valence-electron chi connectivity index (χ1n) is 12.7. The predicted octanol–water partition coefficient (Wildman–Crippen LogP) is 6.67. The van der Waals surface area contributed by atoms with Gasteiger partial charge in [-0.1, -0.05) is 60.4 Å². The van der Waals surface area contributed by atoms with E-state index < -0.39 is 0 Å². The van der Waals surface area contributed by atoms with Gasteiger partial charge in [0.25, 0.3) is 0 Å². The first-order chi connectivity index (χ1) is 15.6. The summed E-state index contributed by atoms with van der Waals surface area (Å²) in [6.07, 6.45) is 6.89. The topological polar surface area (TPSA) is 36.9 Å². The summed E-state index contributed by atoms with van der Waals surface area (Å²) in [5, 5.41) is 0. The van der Waals surface area contributed by atoms with Gasteiger partial charge in [0.15, 0.2) is 0 Å². The Morgan fingerprint density at radius 1 is 0.562 bits per heavy atom. The molecular weight excluding hydrogens is 513 g/mol. The zero-order valence-electron chi connectivity index (χ0n) is 21.6. The lowest BCUT2D eigenvalue weighted by molar-refractivity contribution is -0.179. The summed E-state index contributed by atoms with van der Waals surface area (Å²) in [5.74, 6) is 2.31. The van der Waals surface area contributed by atoms with Crippen molar-refractivity contribution in [3.05, 3.63) is 0 Å². The van der Waals surface area contributed by atoms with Gasteiger partial charge < -0.3 is 18.9 Å². The summed E-state index contributed by atoms with van der Waals surface area (Å²) in [5.41, 5.74) is -0.470. The highest BCUT2D eigenvalue weighted by molar-refractivity contribution is 9.26. The molecule has 0 fully saturated rings. The monoisotopic (exact) mass is 562 g/mol. The van der Waals surface area contributed by atoms with Crippen LogP contribution in [0.25, 0.3) is 0 Å². The second kappa shape index (κ2) is 23.1. The van der Waals surface area contributed by atoms with Gasteiger partial charge in [-0.05, 0) is 73.0 Å². The molecule has 194 valence electrons. The maximum Gasteiger partial charge on any atom is 0.144 e. The van der Waals surface area contributed by atoms with Crippen LogP contribution in [0.3, 0.4) is 0 Å². The lowest BCUT2D eigenvalue weighted by atomic mass is 10.3. The lowest BCUT2D eigenvalue weighted by Gasteiger charge is -2.33. The molecule has 0 aliphatic heterocycles. The molecule has 10 heteroatoms. The molecule has 0 spiro atoms. The van der Waals surface area contributed by atoms with Gasteiger partial charge in [0.05, 0.1) is 19.0 Å². The molecule has 32 heavy (non-hydrogen) atoms. The molecule has 0 bridgehead atoms. The Morgan fingerprint density at radius 3 is 1.19 bits per heavy atom. The number of rotatable bonds is 25. The van der Waals surface area contributed by atoms with Crippen LogP contribution >= 0.6 is 41.2 Å². The van der Waals surface area contributed by atoms with Gasteiger partial charge in [0.1, 0.15) is 10.8 Å². The van der Waals surface area contributed by atoms with Crippen LogP contribution in [-0.4, -0.2) is 67.8 Å². The van der Waals surface area contributed by atoms with Crippen molar-refractivity contribution in [3.8, 4) is 0 Å². The lowest BCUT2D eigenvalue weighted by Crippen LogP contribution is -2.42. The van der Waals surface area contributed by atoms with E-state index in [1.165, 1.54) is 24.9 Å². The van der Waals surface area contributed by atoms with E-state index in [-0.39, 0.29) is 29.9 Å². The molecule has 0 aromatic carbocycles. The predicted molar refractivity (Wildman–Crippen MR) is 158 cm³/mol. The van der Waals surface area contributed by atoms with Gasteiger partial charge in [-0.15, -0.1) is 0 Å². The van der Waals surface area contributed by atoms with Crippen molar-refractivity contribution in [3.63, 3.8) is 0 Å². The first-order valence-corrected chi connectivity index (χ1v) is 21.3. The number of hydrogen-bond acceptors (Lipinski definition) is 8. The van der Waals surface area contributed by atoms with Crippen LogP contribution in [0.5, 0.6) is 0 Å². The van der Waals surface area contributed by atoms with E-state index in [0.29, 0.717) is 0 Å². The molecule has 0 amide bonds. The zero-order chi connectivity index (χ0) is 24.0. The van der Waals surface area contributed by atoms with Crippen LogP contribution < -0.4 is 0 Å². The molecule has 0 atom stereocenters. The van der Waals surface area contributed by atoms with Gasteiger partial charge in [-0.3, -0.25) is 0 Å². The summed E-state index contributed by atoms with van der Waals surface area (Å²) >= 11 is 0. The molecule has 0 aromatic heterocycles. The summed E-state index contributed by atoms with van der Waals surface area (Å²) in [4.78, 5) is 0. The van der Waals surface area contributed by atoms with Crippen molar-refractivity contribution in [2.45, 2.75) is 103 Å². The molecule has 0 saturated heterocycles. The highest BCUT2D eigenvalue weighted by Gasteiger charge is 2.31. The highest BCUT2D eigenvalue weighted by Crippen LogP contribution is 2.44. The normalized spacial score (nSPS) is 13.3. The number of hydrogen-bond donors (Lipinski definition) is 0. The van der Waals surface area contributed by atoms with E-state index in [4.69, 9.17) is 18.9 Å². The molecule has 0 N–H and O–H groups in total. The largest absolute Gasteiger partial charge is 0.355 e. The van der Waals surface area contributed by atoms with Crippen LogP contribution in [-0.2, 0) is 18.9 Å². The van der Waals surface area contributed by atoms with Crippen LogP contribution in [0.4, 0.5) is 0 Å². The molecule has 0 aliphatic rings. The van der Waals surface area contributed by atoms with Crippen molar-refractivity contribution < 1.29 is 18.9 Å².